The minimum Gasteiger partial charge on any atom is -0.444 e. The first kappa shape index (κ1) is 17.7. The zero-order valence-corrected chi connectivity index (χ0v) is 14.8. The van der Waals surface area contributed by atoms with Gasteiger partial charge in [0.1, 0.15) is 5.60 Å². The van der Waals surface area contributed by atoms with Crippen molar-refractivity contribution in [3.05, 3.63) is 23.2 Å². The topological polar surface area (TPSA) is 67.6 Å². The molecule has 2 rings (SSSR count). The molecule has 1 atom stereocenters. The quantitative estimate of drug-likeness (QED) is 0.821. The molecular weight excluding hydrogens is 314 g/mol. The van der Waals surface area contributed by atoms with E-state index in [1.54, 1.807) is 6.07 Å². The van der Waals surface area contributed by atoms with Crippen molar-refractivity contribution in [1.29, 1.82) is 0 Å². The Balaban J connectivity index is 1.76. The molecule has 128 valence electrons. The smallest absolute Gasteiger partial charge is 0.407 e. The van der Waals surface area contributed by atoms with Crippen LogP contribution < -0.4 is 16.0 Å². The highest BCUT2D eigenvalue weighted by molar-refractivity contribution is 6.31. The molecule has 3 N–H and O–H groups in total. The van der Waals surface area contributed by atoms with E-state index in [0.717, 1.165) is 31.6 Å². The third-order valence-corrected chi connectivity index (χ3v) is 4.07. The van der Waals surface area contributed by atoms with Gasteiger partial charge in [-0.25, -0.2) is 4.79 Å². The van der Waals surface area contributed by atoms with Crippen molar-refractivity contribution in [2.24, 2.45) is 5.92 Å². The maximum absolute atomic E-state index is 11.6. The minimum atomic E-state index is -0.458. The van der Waals surface area contributed by atoms with E-state index >= 15 is 0 Å². The first-order chi connectivity index (χ1) is 10.7. The Hall–Kier alpha value is -1.62. The van der Waals surface area contributed by atoms with Gasteiger partial charge in [0.2, 0.25) is 0 Å². The van der Waals surface area contributed by atoms with E-state index in [0.29, 0.717) is 23.2 Å². The molecule has 1 aromatic rings. The molecule has 1 heterocycles. The SMILES string of the molecule is CC(C)(C)OC(=O)NCCC1CCN(c2ccc(Cl)cc2N)C1. The van der Waals surface area contributed by atoms with Gasteiger partial charge in [0.25, 0.3) is 0 Å². The van der Waals surface area contributed by atoms with E-state index in [9.17, 15) is 4.79 Å². The Morgan fingerprint density at radius 2 is 2.22 bits per heavy atom. The molecule has 23 heavy (non-hydrogen) atoms. The Kier molecular flexibility index (Phi) is 5.63. The lowest BCUT2D eigenvalue weighted by Crippen LogP contribution is -2.33. The number of nitrogens with zero attached hydrogens (tertiary/aromatic N) is 1. The van der Waals surface area contributed by atoms with Crippen LogP contribution >= 0.6 is 11.6 Å². The van der Waals surface area contributed by atoms with E-state index in [1.165, 1.54) is 0 Å². The van der Waals surface area contributed by atoms with Crippen LogP contribution in [-0.4, -0.2) is 31.3 Å². The fourth-order valence-electron chi connectivity index (χ4n) is 2.79. The van der Waals surface area contributed by atoms with Gasteiger partial charge in [0.15, 0.2) is 0 Å². The summed E-state index contributed by atoms with van der Waals surface area (Å²) in [5, 5.41) is 3.47. The number of carbonyl (C=O) groups is 1. The lowest BCUT2D eigenvalue weighted by molar-refractivity contribution is 0.0525. The number of anilines is 2. The zero-order chi connectivity index (χ0) is 17.0. The number of carbonyl (C=O) groups excluding carboxylic acids is 1. The van der Waals surface area contributed by atoms with Crippen LogP contribution in [0.4, 0.5) is 16.2 Å². The second kappa shape index (κ2) is 7.30. The third-order valence-electron chi connectivity index (χ3n) is 3.84. The van der Waals surface area contributed by atoms with Gasteiger partial charge < -0.3 is 20.7 Å². The normalized spacial score (nSPS) is 18.1. The van der Waals surface area contributed by atoms with Crippen LogP contribution in [0.5, 0.6) is 0 Å². The second-order valence-electron chi connectivity index (χ2n) is 7.02. The number of halogens is 1. The highest BCUT2D eigenvalue weighted by atomic mass is 35.5. The summed E-state index contributed by atoms with van der Waals surface area (Å²) in [7, 11) is 0. The van der Waals surface area contributed by atoms with Crippen molar-refractivity contribution >= 4 is 29.1 Å². The van der Waals surface area contributed by atoms with Gasteiger partial charge in [-0.3, -0.25) is 0 Å². The lowest BCUT2D eigenvalue weighted by atomic mass is 10.1. The van der Waals surface area contributed by atoms with Crippen LogP contribution in [0.25, 0.3) is 0 Å². The highest BCUT2D eigenvalue weighted by Crippen LogP contribution is 2.31. The van der Waals surface area contributed by atoms with Crippen LogP contribution in [0.2, 0.25) is 5.02 Å². The summed E-state index contributed by atoms with van der Waals surface area (Å²) in [5.41, 5.74) is 7.34. The van der Waals surface area contributed by atoms with E-state index in [4.69, 9.17) is 22.1 Å². The molecule has 1 aliphatic heterocycles. The second-order valence-corrected chi connectivity index (χ2v) is 7.46. The third kappa shape index (κ3) is 5.50. The van der Waals surface area contributed by atoms with Gasteiger partial charge in [0, 0.05) is 24.7 Å². The molecular formula is C17H26ClN3O2. The van der Waals surface area contributed by atoms with E-state index in [-0.39, 0.29) is 6.09 Å². The number of benzene rings is 1. The molecule has 1 fully saturated rings. The van der Waals surface area contributed by atoms with Gasteiger partial charge in [-0.1, -0.05) is 11.6 Å². The Morgan fingerprint density at radius 1 is 1.48 bits per heavy atom. The number of hydrogen-bond acceptors (Lipinski definition) is 4. The Bertz CT molecular complexity index is 557. The largest absolute Gasteiger partial charge is 0.444 e. The number of nitrogens with one attached hydrogen (secondary N) is 1. The van der Waals surface area contributed by atoms with Crippen LogP contribution in [0.1, 0.15) is 33.6 Å². The fourth-order valence-corrected chi connectivity index (χ4v) is 2.97. The minimum absolute atomic E-state index is 0.353. The Labute approximate surface area is 143 Å². The van der Waals surface area contributed by atoms with Crippen molar-refractivity contribution < 1.29 is 9.53 Å². The van der Waals surface area contributed by atoms with Crippen molar-refractivity contribution in [3.8, 4) is 0 Å². The molecule has 1 aliphatic rings. The van der Waals surface area contributed by atoms with Crippen molar-refractivity contribution in [2.45, 2.75) is 39.2 Å². The van der Waals surface area contributed by atoms with Gasteiger partial charge in [-0.05, 0) is 57.7 Å². The number of ether oxygens (including phenoxy) is 1. The number of hydrogen-bond donors (Lipinski definition) is 2. The molecule has 1 amide bonds. The number of nitrogen functional groups attached to an aromatic ring is 1. The highest BCUT2D eigenvalue weighted by Gasteiger charge is 2.24. The van der Waals surface area contributed by atoms with Crippen molar-refractivity contribution in [2.75, 3.05) is 30.3 Å². The Morgan fingerprint density at radius 3 is 2.87 bits per heavy atom. The summed E-state index contributed by atoms with van der Waals surface area (Å²) in [4.78, 5) is 13.9. The molecule has 0 aromatic heterocycles. The van der Waals surface area contributed by atoms with E-state index in [2.05, 4.69) is 10.2 Å². The maximum atomic E-state index is 11.6. The van der Waals surface area contributed by atoms with Crippen LogP contribution in [-0.2, 0) is 4.74 Å². The van der Waals surface area contributed by atoms with Crippen molar-refractivity contribution in [1.82, 2.24) is 5.32 Å². The van der Waals surface area contributed by atoms with Crippen LogP contribution in [0.15, 0.2) is 18.2 Å². The fraction of sp³-hybridized carbons (Fsp3) is 0.588. The first-order valence-corrected chi connectivity index (χ1v) is 8.39. The molecule has 0 saturated carbocycles. The number of nitrogens with two attached hydrogens (primary N) is 1. The predicted octanol–water partition coefficient (Wildman–Crippen LogP) is 3.66. The van der Waals surface area contributed by atoms with Gasteiger partial charge in [-0.15, -0.1) is 0 Å². The van der Waals surface area contributed by atoms with Crippen molar-refractivity contribution in [3.63, 3.8) is 0 Å². The lowest BCUT2D eigenvalue weighted by Gasteiger charge is -2.21. The predicted molar refractivity (Wildman–Crippen MR) is 95.0 cm³/mol. The summed E-state index contributed by atoms with van der Waals surface area (Å²) in [5.74, 6) is 0.542. The van der Waals surface area contributed by atoms with E-state index < -0.39 is 5.60 Å². The average Bonchev–Trinajstić information content (AvgIpc) is 2.85. The maximum Gasteiger partial charge on any atom is 0.407 e. The number of rotatable bonds is 4. The van der Waals surface area contributed by atoms with Gasteiger partial charge >= 0.3 is 6.09 Å². The summed E-state index contributed by atoms with van der Waals surface area (Å²) in [6, 6.07) is 5.62. The first-order valence-electron chi connectivity index (χ1n) is 8.01. The van der Waals surface area contributed by atoms with Gasteiger partial charge in [-0.2, -0.15) is 0 Å². The monoisotopic (exact) mass is 339 g/mol. The summed E-state index contributed by atoms with van der Waals surface area (Å²) in [6.45, 7) is 8.13. The molecule has 1 unspecified atom stereocenters. The summed E-state index contributed by atoms with van der Waals surface area (Å²) < 4.78 is 5.23. The average molecular weight is 340 g/mol. The van der Waals surface area contributed by atoms with Crippen LogP contribution in [0.3, 0.4) is 0 Å². The molecule has 6 heteroatoms. The van der Waals surface area contributed by atoms with Gasteiger partial charge in [0.05, 0.1) is 11.4 Å². The molecule has 0 spiro atoms. The number of alkyl carbamates (subject to hydrolysis) is 1. The summed E-state index contributed by atoms with van der Waals surface area (Å²) >= 11 is 5.95. The molecule has 0 aliphatic carbocycles. The number of amides is 1. The molecule has 1 aromatic carbocycles. The molecule has 5 nitrogen and oxygen atoms in total. The zero-order valence-electron chi connectivity index (χ0n) is 14.1. The van der Waals surface area contributed by atoms with E-state index in [1.807, 2.05) is 32.9 Å². The molecule has 0 bridgehead atoms. The standard InChI is InChI=1S/C17H26ClN3O2/c1-17(2,3)23-16(22)20-8-6-12-7-9-21(11-12)15-5-4-13(18)10-14(15)19/h4-5,10,12H,6-9,11,19H2,1-3H3,(H,20,22). The molecule has 1 saturated heterocycles. The molecule has 0 radical (unpaired) electrons. The summed E-state index contributed by atoms with van der Waals surface area (Å²) in [6.07, 6.45) is 1.68. The van der Waals surface area contributed by atoms with Crippen LogP contribution in [0, 0.1) is 5.92 Å².